The Kier molecular flexibility index (Phi) is 8.18. The Morgan fingerprint density at radius 3 is 2.65 bits per heavy atom. The number of pyridine rings is 1. The molecule has 0 aliphatic carbocycles. The number of nitrogens with two attached hydrogens (primary N) is 1. The van der Waals surface area contributed by atoms with Crippen molar-refractivity contribution >= 4 is 24.1 Å². The van der Waals surface area contributed by atoms with Crippen LogP contribution in [0.5, 0.6) is 0 Å². The summed E-state index contributed by atoms with van der Waals surface area (Å²) in [4.78, 5) is 18.2. The monoisotopic (exact) mass is 300 g/mol. The second-order valence-corrected chi connectivity index (χ2v) is 5.01. The average Bonchev–Trinajstić information content (AvgIpc) is 2.43. The van der Waals surface area contributed by atoms with Crippen LogP contribution in [-0.4, -0.2) is 31.0 Å². The van der Waals surface area contributed by atoms with Crippen LogP contribution in [0.25, 0.3) is 0 Å². The van der Waals surface area contributed by atoms with Gasteiger partial charge in [-0.3, -0.25) is 4.79 Å². The number of hydrogen-bond acceptors (Lipinski definition) is 4. The number of halogens is 1. The summed E-state index contributed by atoms with van der Waals surface area (Å²) >= 11 is 0. The summed E-state index contributed by atoms with van der Waals surface area (Å²) in [5.41, 5.74) is 6.70. The molecular formula is C14H25ClN4O. The van der Waals surface area contributed by atoms with E-state index in [1.807, 2.05) is 51.0 Å². The van der Waals surface area contributed by atoms with E-state index in [0.717, 1.165) is 17.9 Å². The molecule has 0 aromatic carbocycles. The van der Waals surface area contributed by atoms with Crippen LogP contribution in [0.15, 0.2) is 18.2 Å². The van der Waals surface area contributed by atoms with Crippen LogP contribution in [0.1, 0.15) is 26.0 Å². The van der Waals surface area contributed by atoms with Crippen molar-refractivity contribution in [3.05, 3.63) is 23.9 Å². The Bertz CT molecular complexity index is 425. The number of carbonyl (C=O) groups is 1. The minimum absolute atomic E-state index is 0. The molecule has 114 valence electrons. The number of rotatable bonds is 6. The van der Waals surface area contributed by atoms with E-state index in [-0.39, 0.29) is 24.2 Å². The lowest BCUT2D eigenvalue weighted by atomic mass is 9.99. The van der Waals surface area contributed by atoms with E-state index in [4.69, 9.17) is 5.73 Å². The van der Waals surface area contributed by atoms with Gasteiger partial charge in [0.1, 0.15) is 5.82 Å². The fourth-order valence-corrected chi connectivity index (χ4v) is 1.62. The molecule has 0 radical (unpaired) electrons. The molecule has 20 heavy (non-hydrogen) atoms. The summed E-state index contributed by atoms with van der Waals surface area (Å²) in [5, 5.41) is 2.84. The number of hydrogen-bond donors (Lipinski definition) is 2. The van der Waals surface area contributed by atoms with E-state index in [1.54, 1.807) is 0 Å². The van der Waals surface area contributed by atoms with Gasteiger partial charge in [-0.1, -0.05) is 26.3 Å². The molecule has 1 heterocycles. The van der Waals surface area contributed by atoms with Crippen LogP contribution in [0.3, 0.4) is 0 Å². The molecule has 1 amide bonds. The molecule has 3 N–H and O–H groups in total. The third-order valence-corrected chi connectivity index (χ3v) is 3.25. The van der Waals surface area contributed by atoms with Crippen molar-refractivity contribution in [3.63, 3.8) is 0 Å². The zero-order valence-electron chi connectivity index (χ0n) is 12.6. The minimum atomic E-state index is -0.456. The van der Waals surface area contributed by atoms with E-state index in [0.29, 0.717) is 6.54 Å². The van der Waals surface area contributed by atoms with Crippen molar-refractivity contribution in [1.29, 1.82) is 0 Å². The zero-order valence-corrected chi connectivity index (χ0v) is 13.4. The van der Waals surface area contributed by atoms with Gasteiger partial charge in [-0.2, -0.15) is 0 Å². The van der Waals surface area contributed by atoms with Gasteiger partial charge in [0.05, 0.1) is 18.3 Å². The molecule has 0 aliphatic rings. The molecule has 6 heteroatoms. The van der Waals surface area contributed by atoms with Crippen LogP contribution in [0, 0.1) is 5.92 Å². The van der Waals surface area contributed by atoms with E-state index in [9.17, 15) is 4.79 Å². The van der Waals surface area contributed by atoms with Crippen molar-refractivity contribution < 1.29 is 4.79 Å². The van der Waals surface area contributed by atoms with E-state index < -0.39 is 6.04 Å². The average molecular weight is 301 g/mol. The van der Waals surface area contributed by atoms with Gasteiger partial charge < -0.3 is 16.0 Å². The molecule has 2 atom stereocenters. The van der Waals surface area contributed by atoms with Gasteiger partial charge in [0.2, 0.25) is 5.91 Å². The first-order chi connectivity index (χ1) is 8.95. The van der Waals surface area contributed by atoms with Crippen LogP contribution >= 0.6 is 12.4 Å². The Hall–Kier alpha value is -1.33. The molecule has 2 unspecified atom stereocenters. The summed E-state index contributed by atoms with van der Waals surface area (Å²) in [6.07, 6.45) is 0.892. The molecule has 1 rings (SSSR count). The predicted molar refractivity (Wildman–Crippen MR) is 85.1 cm³/mol. The fourth-order valence-electron chi connectivity index (χ4n) is 1.62. The maximum Gasteiger partial charge on any atom is 0.237 e. The SMILES string of the molecule is CCC(C)C(N)C(=O)NCc1cccc(N(C)C)n1.Cl. The van der Waals surface area contributed by atoms with Gasteiger partial charge in [0, 0.05) is 14.1 Å². The third kappa shape index (κ3) is 5.35. The fraction of sp³-hybridized carbons (Fsp3) is 0.571. The van der Waals surface area contributed by atoms with E-state index in [1.165, 1.54) is 0 Å². The highest BCUT2D eigenvalue weighted by Crippen LogP contribution is 2.08. The van der Waals surface area contributed by atoms with Crippen molar-refractivity contribution in [2.45, 2.75) is 32.9 Å². The van der Waals surface area contributed by atoms with Crippen molar-refractivity contribution in [2.75, 3.05) is 19.0 Å². The molecule has 0 bridgehead atoms. The quantitative estimate of drug-likeness (QED) is 0.836. The van der Waals surface area contributed by atoms with Crippen molar-refractivity contribution in [1.82, 2.24) is 10.3 Å². The normalized spacial score (nSPS) is 13.1. The highest BCUT2D eigenvalue weighted by atomic mass is 35.5. The number of amides is 1. The number of carbonyl (C=O) groups excluding carboxylic acids is 1. The summed E-state index contributed by atoms with van der Waals surface area (Å²) in [6, 6.07) is 5.29. The Morgan fingerprint density at radius 1 is 1.45 bits per heavy atom. The van der Waals surface area contributed by atoms with E-state index in [2.05, 4.69) is 10.3 Å². The summed E-state index contributed by atoms with van der Waals surface area (Å²) in [6.45, 7) is 4.42. The van der Waals surface area contributed by atoms with Gasteiger partial charge in [0.15, 0.2) is 0 Å². The largest absolute Gasteiger partial charge is 0.363 e. The van der Waals surface area contributed by atoms with Crippen molar-refractivity contribution in [2.24, 2.45) is 11.7 Å². The lowest BCUT2D eigenvalue weighted by Gasteiger charge is -2.18. The molecule has 0 spiro atoms. The molecule has 1 aromatic rings. The minimum Gasteiger partial charge on any atom is -0.363 e. The molecule has 0 aliphatic heterocycles. The first kappa shape index (κ1) is 18.7. The van der Waals surface area contributed by atoms with Gasteiger partial charge in [0.25, 0.3) is 0 Å². The summed E-state index contributed by atoms with van der Waals surface area (Å²) in [5.74, 6) is 0.936. The molecule has 0 saturated carbocycles. The number of nitrogens with one attached hydrogen (secondary N) is 1. The first-order valence-electron chi connectivity index (χ1n) is 6.62. The van der Waals surface area contributed by atoms with Gasteiger partial charge in [-0.15, -0.1) is 12.4 Å². The maximum atomic E-state index is 11.9. The molecule has 1 aromatic heterocycles. The first-order valence-corrected chi connectivity index (χ1v) is 6.62. The lowest BCUT2D eigenvalue weighted by molar-refractivity contribution is -0.123. The van der Waals surface area contributed by atoms with Crippen LogP contribution in [0.2, 0.25) is 0 Å². The third-order valence-electron chi connectivity index (χ3n) is 3.25. The van der Waals surface area contributed by atoms with Crippen molar-refractivity contribution in [3.8, 4) is 0 Å². The topological polar surface area (TPSA) is 71.2 Å². The van der Waals surface area contributed by atoms with Gasteiger partial charge in [-0.05, 0) is 18.1 Å². The Morgan fingerprint density at radius 2 is 2.10 bits per heavy atom. The van der Waals surface area contributed by atoms with Crippen LogP contribution in [0.4, 0.5) is 5.82 Å². The maximum absolute atomic E-state index is 11.9. The predicted octanol–water partition coefficient (Wildman–Crippen LogP) is 1.56. The zero-order chi connectivity index (χ0) is 14.4. The smallest absolute Gasteiger partial charge is 0.237 e. The molecule has 0 fully saturated rings. The molecular weight excluding hydrogens is 276 g/mol. The second kappa shape index (κ2) is 8.76. The van der Waals surface area contributed by atoms with Gasteiger partial charge >= 0.3 is 0 Å². The lowest BCUT2D eigenvalue weighted by Crippen LogP contribution is -2.44. The Balaban J connectivity index is 0.00000361. The van der Waals surface area contributed by atoms with Crippen LogP contribution < -0.4 is 16.0 Å². The summed E-state index contributed by atoms with van der Waals surface area (Å²) in [7, 11) is 3.87. The number of nitrogens with zero attached hydrogens (tertiary/aromatic N) is 2. The number of anilines is 1. The second-order valence-electron chi connectivity index (χ2n) is 5.01. The standard InChI is InChI=1S/C14H24N4O.ClH/c1-5-10(2)13(15)14(19)16-9-11-7-6-8-12(17-11)18(3)4;/h6-8,10,13H,5,9,15H2,1-4H3,(H,16,19);1H. The van der Waals surface area contributed by atoms with Gasteiger partial charge in [-0.25, -0.2) is 4.98 Å². The van der Waals surface area contributed by atoms with E-state index >= 15 is 0 Å². The Labute approximate surface area is 127 Å². The highest BCUT2D eigenvalue weighted by molar-refractivity contribution is 5.85. The van der Waals surface area contributed by atoms with Crippen LogP contribution in [-0.2, 0) is 11.3 Å². The molecule has 5 nitrogen and oxygen atoms in total. The number of aromatic nitrogens is 1. The molecule has 0 saturated heterocycles. The summed E-state index contributed by atoms with van der Waals surface area (Å²) < 4.78 is 0. The highest BCUT2D eigenvalue weighted by Gasteiger charge is 2.18.